The van der Waals surface area contributed by atoms with Crippen molar-refractivity contribution in [3.05, 3.63) is 29.8 Å². The summed E-state index contributed by atoms with van der Waals surface area (Å²) >= 11 is -0.376. The largest absolute Gasteiger partial charge is 0.508 e. The van der Waals surface area contributed by atoms with Gasteiger partial charge in [-0.2, -0.15) is 0 Å². The first-order valence-electron chi connectivity index (χ1n) is 11.4. The summed E-state index contributed by atoms with van der Waals surface area (Å²) in [5, 5.41) is 17.9. The van der Waals surface area contributed by atoms with Gasteiger partial charge in [0, 0.05) is 13.0 Å². The first kappa shape index (κ1) is 9.44. The van der Waals surface area contributed by atoms with Crippen molar-refractivity contribution in [1.82, 2.24) is 10.2 Å². The molecule has 1 unspecified atom stereocenters. The van der Waals surface area contributed by atoms with Crippen LogP contribution in [-0.4, -0.2) is 55.0 Å². The van der Waals surface area contributed by atoms with Gasteiger partial charge in [-0.25, -0.2) is 4.79 Å². The summed E-state index contributed by atoms with van der Waals surface area (Å²) in [7, 11) is 0. The zero-order chi connectivity index (χ0) is 26.3. The molecule has 3 rings (SSSR count). The minimum Gasteiger partial charge on any atom is -0.508 e. The summed E-state index contributed by atoms with van der Waals surface area (Å²) in [6.07, 6.45) is 0. The van der Waals surface area contributed by atoms with Gasteiger partial charge in [-0.1, -0.05) is 12.1 Å². The fourth-order valence-electron chi connectivity index (χ4n) is 2.39. The second kappa shape index (κ2) is 5.92. The van der Waals surface area contributed by atoms with Crippen molar-refractivity contribution in [3.8, 4) is 5.75 Å². The van der Waals surface area contributed by atoms with Gasteiger partial charge in [0.1, 0.15) is 29.2 Å². The van der Waals surface area contributed by atoms with E-state index >= 15 is 0 Å². The second-order valence-electron chi connectivity index (χ2n) is 5.32. The van der Waals surface area contributed by atoms with E-state index in [1.165, 1.54) is 24.3 Å². The number of aliphatic carboxylic acids is 1. The average Bonchev–Trinajstić information content (AvgIpc) is 2.92. The zero-order valence-electron chi connectivity index (χ0n) is 21.4. The van der Waals surface area contributed by atoms with Crippen LogP contribution in [0.25, 0.3) is 0 Å². The number of carboxylic acid groups (broad SMARTS) is 1. The minimum atomic E-state index is -3.72. The molecule has 9 heteroatoms. The number of nitrogens with two attached hydrogens (primary N) is 1. The molecule has 2 saturated heterocycles. The number of nitrogens with zero attached hydrogens (tertiary/aromatic N) is 1. The smallest absolute Gasteiger partial charge is 0.327 e. The van der Waals surface area contributed by atoms with E-state index in [1.54, 1.807) is 0 Å². The number of phenolic OH excluding ortho intramolecular Hbond substituents is 1. The van der Waals surface area contributed by atoms with Crippen molar-refractivity contribution in [1.29, 1.82) is 0 Å². The SMILES string of the molecule is [2H]C([2H])([2H])C1(C([2H])([2H])[2H])S[C@@]2([2H])N(C(=O)[C@@]2([2H])NC(=O)C(N)c2ccc(O)cc2)[C@@]1([2H])C(=O)O. The van der Waals surface area contributed by atoms with E-state index in [2.05, 4.69) is 0 Å². The van der Waals surface area contributed by atoms with Crippen LogP contribution in [0, 0.1) is 0 Å². The fourth-order valence-corrected chi connectivity index (χ4v) is 3.46. The number of thioether (sulfide) groups is 1. The van der Waals surface area contributed by atoms with Crippen LogP contribution in [0.2, 0.25) is 0 Å². The lowest BCUT2D eigenvalue weighted by molar-refractivity contribution is -0.161. The Bertz CT molecular complexity index is 1050. The molecule has 0 bridgehead atoms. The van der Waals surface area contributed by atoms with Crippen LogP contribution >= 0.6 is 11.8 Å². The number of β-lactam (4-membered cyclic amide) rings is 1. The highest BCUT2D eigenvalue weighted by molar-refractivity contribution is 8.01. The lowest BCUT2D eigenvalue weighted by Crippen LogP contribution is -2.71. The van der Waals surface area contributed by atoms with Gasteiger partial charge in [0.05, 0.1) is 4.11 Å². The molecular weight excluding hydrogens is 346 g/mol. The van der Waals surface area contributed by atoms with E-state index in [4.69, 9.17) is 18.1 Å². The first-order chi connectivity index (χ1) is 15.2. The van der Waals surface area contributed by atoms with E-state index < -0.39 is 59.7 Å². The molecule has 8 nitrogen and oxygen atoms in total. The molecule has 0 radical (unpaired) electrons. The summed E-state index contributed by atoms with van der Waals surface area (Å²) in [6, 6.07) is -3.37. The molecule has 25 heavy (non-hydrogen) atoms. The molecule has 2 amide bonds. The zero-order valence-corrected chi connectivity index (χ0v) is 13.3. The topological polar surface area (TPSA) is 133 Å². The third-order valence-corrected chi connectivity index (χ3v) is 4.71. The summed E-state index contributed by atoms with van der Waals surface area (Å²) in [5.74, 6) is -5.33. The summed E-state index contributed by atoms with van der Waals surface area (Å²) in [6.45, 7) is -7.44. The van der Waals surface area contributed by atoms with Crippen LogP contribution in [0.5, 0.6) is 5.75 Å². The highest BCUT2D eigenvalue weighted by Gasteiger charge is 2.64. The molecule has 1 aromatic carbocycles. The van der Waals surface area contributed by atoms with E-state index in [9.17, 15) is 24.6 Å². The molecule has 0 saturated carbocycles. The molecule has 2 heterocycles. The Balaban J connectivity index is 2.09. The Hall–Kier alpha value is -2.26. The van der Waals surface area contributed by atoms with Gasteiger partial charge in [-0.3, -0.25) is 9.59 Å². The number of phenols is 1. The van der Waals surface area contributed by atoms with Crippen molar-refractivity contribution in [2.24, 2.45) is 5.73 Å². The van der Waals surface area contributed by atoms with Crippen molar-refractivity contribution in [2.45, 2.75) is 41.9 Å². The Morgan fingerprint density at radius 2 is 2.08 bits per heavy atom. The van der Waals surface area contributed by atoms with Crippen molar-refractivity contribution >= 4 is 29.5 Å². The fraction of sp³-hybridized carbons (Fsp3) is 0.438. The van der Waals surface area contributed by atoms with Gasteiger partial charge in [-0.15, -0.1) is 11.8 Å². The maximum atomic E-state index is 12.9. The van der Waals surface area contributed by atoms with E-state index in [1.807, 2.05) is 5.32 Å². The van der Waals surface area contributed by atoms with Crippen molar-refractivity contribution in [2.75, 3.05) is 0 Å². The number of carbonyl (C=O) groups is 3. The molecule has 0 aliphatic carbocycles. The molecule has 5 N–H and O–H groups in total. The van der Waals surface area contributed by atoms with Crippen LogP contribution in [0.4, 0.5) is 0 Å². The Labute approximate surface area is 161 Å². The van der Waals surface area contributed by atoms with Gasteiger partial charge in [-0.05, 0) is 31.4 Å². The van der Waals surface area contributed by atoms with E-state index in [0.717, 1.165) is 0 Å². The van der Waals surface area contributed by atoms with Gasteiger partial charge in [0.15, 0.2) is 0 Å². The average molecular weight is 374 g/mol. The molecule has 2 aliphatic rings. The van der Waals surface area contributed by atoms with Crippen LogP contribution in [0.1, 0.15) is 37.6 Å². The number of hydrogen-bond acceptors (Lipinski definition) is 6. The van der Waals surface area contributed by atoms with Gasteiger partial charge in [0.2, 0.25) is 11.8 Å². The number of hydrogen-bond donors (Lipinski definition) is 4. The molecule has 2 aliphatic heterocycles. The maximum Gasteiger partial charge on any atom is 0.327 e. The third-order valence-electron chi connectivity index (χ3n) is 3.63. The summed E-state index contributed by atoms with van der Waals surface area (Å²) < 4.78 is 68.5. The number of rotatable bonds is 4. The number of nitrogens with one attached hydrogen (secondary N) is 1. The monoisotopic (exact) mass is 374 g/mol. The lowest BCUT2D eigenvalue weighted by Gasteiger charge is -2.43. The maximum absolute atomic E-state index is 12.9. The number of carbonyl (C=O) groups excluding carboxylic acids is 2. The van der Waals surface area contributed by atoms with Crippen LogP contribution in [0.3, 0.4) is 0 Å². The highest BCUT2D eigenvalue weighted by Crippen LogP contribution is 2.50. The van der Waals surface area contributed by atoms with Gasteiger partial charge < -0.3 is 26.2 Å². The number of amides is 2. The summed E-state index contributed by atoms with van der Waals surface area (Å²) in [4.78, 5) is 37.6. The molecule has 0 aromatic heterocycles. The number of aromatic hydroxyl groups is 1. The molecule has 1 aromatic rings. The minimum absolute atomic E-state index is 0.120. The number of fused-ring (bicyclic) bond motifs is 1. The number of carboxylic acids is 1. The van der Waals surface area contributed by atoms with E-state index in [-0.39, 0.29) is 28.0 Å². The van der Waals surface area contributed by atoms with Crippen LogP contribution in [0.15, 0.2) is 24.3 Å². The lowest BCUT2D eigenvalue weighted by atomic mass is 9.95. The van der Waals surface area contributed by atoms with Crippen LogP contribution in [-0.2, 0) is 14.4 Å². The summed E-state index contributed by atoms with van der Waals surface area (Å²) in [5.41, 5.74) is 5.94. The Morgan fingerprint density at radius 3 is 2.64 bits per heavy atom. The van der Waals surface area contributed by atoms with Crippen molar-refractivity contribution < 1.29 is 36.9 Å². The van der Waals surface area contributed by atoms with E-state index in [0.29, 0.717) is 0 Å². The highest BCUT2D eigenvalue weighted by atomic mass is 32.2. The van der Waals surface area contributed by atoms with Crippen molar-refractivity contribution in [3.63, 3.8) is 0 Å². The predicted octanol–water partition coefficient (Wildman–Crippen LogP) is 0.0237. The molecule has 0 spiro atoms. The third kappa shape index (κ3) is 2.83. The standard InChI is InChI=1S/C16H19N3O5S/c1-16(2)11(15(23)24)19-13(22)10(14(19)25-16)18-12(21)9(17)7-3-5-8(20)6-4-7/h3-6,9-11,14,20H,17H2,1-2H3,(H,18,21)(H,23,24)/t9?,10-,11+,14-/m1/s1/i1D3,2D3,10D,11D,14D. The Kier molecular flexibility index (Phi) is 2.24. The number of benzene rings is 1. The molecule has 134 valence electrons. The molecule has 2 fully saturated rings. The predicted molar refractivity (Wildman–Crippen MR) is 90.7 cm³/mol. The first-order valence-corrected chi connectivity index (χ1v) is 7.69. The Morgan fingerprint density at radius 1 is 1.44 bits per heavy atom. The quantitative estimate of drug-likeness (QED) is 0.546. The van der Waals surface area contributed by atoms with Gasteiger partial charge in [0.25, 0.3) is 0 Å². The second-order valence-corrected chi connectivity index (χ2v) is 6.52. The molecular formula is C16H19N3O5S. The van der Waals surface area contributed by atoms with Gasteiger partial charge >= 0.3 is 5.97 Å². The molecule has 4 atom stereocenters. The normalized spacial score (nSPS) is 43.2. The van der Waals surface area contributed by atoms with Crippen LogP contribution < -0.4 is 11.1 Å².